The van der Waals surface area contributed by atoms with E-state index in [-0.39, 0.29) is 17.8 Å². The van der Waals surface area contributed by atoms with Crippen LogP contribution in [0.25, 0.3) is 10.8 Å². The van der Waals surface area contributed by atoms with Crippen molar-refractivity contribution in [2.45, 2.75) is 12.7 Å². The Morgan fingerprint density at radius 3 is 2.62 bits per heavy atom. The smallest absolute Gasteiger partial charge is 0.291 e. The van der Waals surface area contributed by atoms with Crippen molar-refractivity contribution in [3.8, 4) is 0 Å². The van der Waals surface area contributed by atoms with E-state index in [0.717, 1.165) is 0 Å². The molecule has 0 unspecified atom stereocenters. The number of hydrogen-bond acceptors (Lipinski definition) is 4. The van der Waals surface area contributed by atoms with Gasteiger partial charge in [0.25, 0.3) is 5.91 Å². The third kappa shape index (κ3) is 2.86. The molecule has 0 radical (unpaired) electrons. The standard InChI is InChI=1S/C19H17N3O2/c23-19(18-20-9-4-10-21-18)22-11-16(12-22)24-13-15-7-3-6-14-5-1-2-8-17(14)15/h1-10,16H,11-13H2. The number of nitrogens with zero attached hydrogens (tertiary/aromatic N) is 3. The van der Waals surface area contributed by atoms with Gasteiger partial charge in [0.15, 0.2) is 0 Å². The first-order valence-electron chi connectivity index (χ1n) is 7.96. The maximum absolute atomic E-state index is 12.2. The summed E-state index contributed by atoms with van der Waals surface area (Å²) in [5, 5.41) is 2.43. The van der Waals surface area contributed by atoms with E-state index in [2.05, 4.69) is 34.2 Å². The molecular formula is C19H17N3O2. The zero-order valence-electron chi connectivity index (χ0n) is 13.1. The Hall–Kier alpha value is -2.79. The summed E-state index contributed by atoms with van der Waals surface area (Å²) in [6.45, 7) is 1.72. The van der Waals surface area contributed by atoms with Crippen molar-refractivity contribution in [2.75, 3.05) is 13.1 Å². The van der Waals surface area contributed by atoms with Crippen LogP contribution in [0.15, 0.2) is 60.9 Å². The summed E-state index contributed by atoms with van der Waals surface area (Å²) in [4.78, 5) is 21.9. The van der Waals surface area contributed by atoms with Crippen molar-refractivity contribution < 1.29 is 9.53 Å². The quantitative estimate of drug-likeness (QED) is 0.742. The van der Waals surface area contributed by atoms with Gasteiger partial charge in [0.05, 0.1) is 12.7 Å². The highest BCUT2D eigenvalue weighted by molar-refractivity contribution is 5.91. The molecule has 0 aliphatic carbocycles. The van der Waals surface area contributed by atoms with E-state index in [4.69, 9.17) is 4.74 Å². The molecule has 5 heteroatoms. The molecule has 1 amide bonds. The summed E-state index contributed by atoms with van der Waals surface area (Å²) in [5.74, 6) is 0.102. The third-order valence-corrected chi connectivity index (χ3v) is 4.25. The van der Waals surface area contributed by atoms with Crippen LogP contribution in [0.4, 0.5) is 0 Å². The van der Waals surface area contributed by atoms with Crippen molar-refractivity contribution in [3.05, 3.63) is 72.3 Å². The highest BCUT2D eigenvalue weighted by Gasteiger charge is 2.33. The van der Waals surface area contributed by atoms with Gasteiger partial charge >= 0.3 is 0 Å². The number of rotatable bonds is 4. The fourth-order valence-electron chi connectivity index (χ4n) is 2.89. The normalized spacial score (nSPS) is 14.6. The Balaban J connectivity index is 1.35. The van der Waals surface area contributed by atoms with E-state index in [1.165, 1.54) is 16.3 Å². The predicted molar refractivity (Wildman–Crippen MR) is 90.5 cm³/mol. The van der Waals surface area contributed by atoms with Crippen molar-refractivity contribution in [1.29, 1.82) is 0 Å². The number of carbonyl (C=O) groups excluding carboxylic acids is 1. The van der Waals surface area contributed by atoms with Gasteiger partial charge in [-0.25, -0.2) is 9.97 Å². The van der Waals surface area contributed by atoms with Crippen LogP contribution >= 0.6 is 0 Å². The second-order valence-corrected chi connectivity index (χ2v) is 5.85. The number of benzene rings is 2. The summed E-state index contributed by atoms with van der Waals surface area (Å²) >= 11 is 0. The molecule has 1 aliphatic heterocycles. The Kier molecular flexibility index (Phi) is 3.92. The Morgan fingerprint density at radius 1 is 1.04 bits per heavy atom. The van der Waals surface area contributed by atoms with E-state index < -0.39 is 0 Å². The van der Waals surface area contributed by atoms with Gasteiger partial charge in [-0.2, -0.15) is 0 Å². The van der Waals surface area contributed by atoms with Crippen LogP contribution in [0, 0.1) is 0 Å². The van der Waals surface area contributed by atoms with Gasteiger partial charge in [-0.15, -0.1) is 0 Å². The number of aromatic nitrogens is 2. The van der Waals surface area contributed by atoms with Crippen molar-refractivity contribution in [1.82, 2.24) is 14.9 Å². The second-order valence-electron chi connectivity index (χ2n) is 5.85. The first kappa shape index (κ1) is 14.8. The van der Waals surface area contributed by atoms with Crippen molar-refractivity contribution >= 4 is 16.7 Å². The number of fused-ring (bicyclic) bond motifs is 1. The number of amides is 1. The zero-order chi connectivity index (χ0) is 16.4. The maximum atomic E-state index is 12.2. The molecule has 5 nitrogen and oxygen atoms in total. The highest BCUT2D eigenvalue weighted by Crippen LogP contribution is 2.21. The zero-order valence-corrected chi connectivity index (χ0v) is 13.1. The maximum Gasteiger partial charge on any atom is 0.291 e. The minimum Gasteiger partial charge on any atom is -0.370 e. The summed E-state index contributed by atoms with van der Waals surface area (Å²) in [6.07, 6.45) is 3.22. The molecule has 24 heavy (non-hydrogen) atoms. The summed E-state index contributed by atoms with van der Waals surface area (Å²) in [6, 6.07) is 16.2. The van der Waals surface area contributed by atoms with Crippen LogP contribution in [-0.2, 0) is 11.3 Å². The molecule has 0 spiro atoms. The summed E-state index contributed by atoms with van der Waals surface area (Å²) in [7, 11) is 0. The second kappa shape index (κ2) is 6.37. The predicted octanol–water partition coefficient (Wildman–Crippen LogP) is 2.67. The molecule has 2 heterocycles. The lowest BCUT2D eigenvalue weighted by atomic mass is 10.1. The molecule has 120 valence electrons. The first-order chi connectivity index (χ1) is 11.8. The Labute approximate surface area is 139 Å². The lowest BCUT2D eigenvalue weighted by Gasteiger charge is -2.38. The molecule has 1 aliphatic rings. The number of carbonyl (C=O) groups is 1. The lowest BCUT2D eigenvalue weighted by Crippen LogP contribution is -2.55. The molecule has 3 aromatic rings. The Bertz CT molecular complexity index is 855. The molecule has 0 atom stereocenters. The number of ether oxygens (including phenoxy) is 1. The van der Waals surface area contributed by atoms with Crippen molar-refractivity contribution in [3.63, 3.8) is 0 Å². The van der Waals surface area contributed by atoms with Crippen LogP contribution in [0.2, 0.25) is 0 Å². The van der Waals surface area contributed by atoms with Gasteiger partial charge in [0, 0.05) is 25.5 Å². The molecule has 0 saturated carbocycles. The van der Waals surface area contributed by atoms with E-state index in [9.17, 15) is 4.79 Å². The fraction of sp³-hybridized carbons (Fsp3) is 0.211. The topological polar surface area (TPSA) is 55.3 Å². The first-order valence-corrected chi connectivity index (χ1v) is 7.96. The van der Waals surface area contributed by atoms with Crippen LogP contribution < -0.4 is 0 Å². The van der Waals surface area contributed by atoms with Gasteiger partial charge in [-0.3, -0.25) is 4.79 Å². The molecule has 1 saturated heterocycles. The van der Waals surface area contributed by atoms with E-state index in [1.807, 2.05) is 18.2 Å². The largest absolute Gasteiger partial charge is 0.370 e. The molecule has 1 fully saturated rings. The minimum atomic E-state index is -0.138. The lowest BCUT2D eigenvalue weighted by molar-refractivity contribution is -0.0503. The molecule has 0 N–H and O–H groups in total. The van der Waals surface area contributed by atoms with Gasteiger partial charge in [0.2, 0.25) is 5.82 Å². The van der Waals surface area contributed by atoms with Gasteiger partial charge in [0.1, 0.15) is 0 Å². The summed E-state index contributed by atoms with van der Waals surface area (Å²) in [5.41, 5.74) is 1.17. The Morgan fingerprint density at radius 2 is 1.79 bits per heavy atom. The number of hydrogen-bond donors (Lipinski definition) is 0. The van der Waals surface area contributed by atoms with E-state index >= 15 is 0 Å². The molecule has 0 bridgehead atoms. The van der Waals surface area contributed by atoms with Gasteiger partial charge in [-0.1, -0.05) is 42.5 Å². The van der Waals surface area contributed by atoms with Crippen LogP contribution in [0.5, 0.6) is 0 Å². The van der Waals surface area contributed by atoms with Gasteiger partial charge in [-0.05, 0) is 22.4 Å². The SMILES string of the molecule is O=C(c1ncccn1)N1CC(OCc2cccc3ccccc23)C1. The molecule has 4 rings (SSSR count). The monoisotopic (exact) mass is 319 g/mol. The third-order valence-electron chi connectivity index (χ3n) is 4.25. The summed E-state index contributed by atoms with van der Waals surface area (Å²) < 4.78 is 5.95. The van der Waals surface area contributed by atoms with Gasteiger partial charge < -0.3 is 9.64 Å². The van der Waals surface area contributed by atoms with Crippen LogP contribution in [-0.4, -0.2) is 40.0 Å². The van der Waals surface area contributed by atoms with Crippen molar-refractivity contribution in [2.24, 2.45) is 0 Å². The number of likely N-dealkylation sites (tertiary alicyclic amines) is 1. The average molecular weight is 319 g/mol. The highest BCUT2D eigenvalue weighted by atomic mass is 16.5. The van der Waals surface area contributed by atoms with E-state index in [0.29, 0.717) is 19.7 Å². The fourth-order valence-corrected chi connectivity index (χ4v) is 2.89. The van der Waals surface area contributed by atoms with Crippen LogP contribution in [0.3, 0.4) is 0 Å². The molecule has 2 aromatic carbocycles. The molecular weight excluding hydrogens is 302 g/mol. The van der Waals surface area contributed by atoms with E-state index in [1.54, 1.807) is 23.4 Å². The minimum absolute atomic E-state index is 0.0663. The average Bonchev–Trinajstić information content (AvgIpc) is 2.61. The molecule has 1 aromatic heterocycles. The van der Waals surface area contributed by atoms with Crippen LogP contribution in [0.1, 0.15) is 16.2 Å².